The van der Waals surface area contributed by atoms with Crippen molar-refractivity contribution in [3.63, 3.8) is 0 Å². The lowest BCUT2D eigenvalue weighted by Crippen LogP contribution is -2.17. The zero-order chi connectivity index (χ0) is 11.3. The molecule has 0 aliphatic rings. The van der Waals surface area contributed by atoms with E-state index in [2.05, 4.69) is 36.3 Å². The van der Waals surface area contributed by atoms with Gasteiger partial charge in [0.15, 0.2) is 0 Å². The molecular formula is C12H19ClN2. The Labute approximate surface area is 97.2 Å². The van der Waals surface area contributed by atoms with Gasteiger partial charge in [-0.1, -0.05) is 24.6 Å². The minimum absolute atomic E-state index is 0.816. The SMILES string of the molecule is CCCN(C)c1ccc(CNC)c(Cl)c1. The Morgan fingerprint density at radius 2 is 2.13 bits per heavy atom. The van der Waals surface area contributed by atoms with Gasteiger partial charge in [-0.05, 0) is 31.2 Å². The molecule has 0 saturated carbocycles. The summed E-state index contributed by atoms with van der Waals surface area (Å²) < 4.78 is 0. The van der Waals surface area contributed by atoms with Gasteiger partial charge in [-0.25, -0.2) is 0 Å². The maximum absolute atomic E-state index is 6.19. The summed E-state index contributed by atoms with van der Waals surface area (Å²) in [7, 11) is 4.01. The number of nitrogens with one attached hydrogen (secondary N) is 1. The molecule has 0 fully saturated rings. The number of nitrogens with zero attached hydrogens (tertiary/aromatic N) is 1. The van der Waals surface area contributed by atoms with Crippen LogP contribution in [0.25, 0.3) is 0 Å². The second-order valence-electron chi connectivity index (χ2n) is 3.73. The minimum atomic E-state index is 0.816. The topological polar surface area (TPSA) is 15.3 Å². The van der Waals surface area contributed by atoms with Gasteiger partial charge < -0.3 is 10.2 Å². The molecule has 84 valence electrons. The van der Waals surface area contributed by atoms with Crippen LogP contribution in [-0.2, 0) is 6.54 Å². The Morgan fingerprint density at radius 1 is 1.40 bits per heavy atom. The first kappa shape index (κ1) is 12.3. The van der Waals surface area contributed by atoms with Crippen LogP contribution in [0.1, 0.15) is 18.9 Å². The van der Waals surface area contributed by atoms with E-state index < -0.39 is 0 Å². The first-order valence-corrected chi connectivity index (χ1v) is 5.71. The van der Waals surface area contributed by atoms with E-state index in [1.165, 1.54) is 5.69 Å². The lowest BCUT2D eigenvalue weighted by atomic mass is 10.2. The van der Waals surface area contributed by atoms with E-state index in [-0.39, 0.29) is 0 Å². The molecule has 0 bridgehead atoms. The third-order valence-corrected chi connectivity index (χ3v) is 2.76. The van der Waals surface area contributed by atoms with E-state index in [0.29, 0.717) is 0 Å². The van der Waals surface area contributed by atoms with Gasteiger partial charge in [0.2, 0.25) is 0 Å². The molecule has 0 atom stereocenters. The lowest BCUT2D eigenvalue weighted by molar-refractivity contribution is 0.816. The van der Waals surface area contributed by atoms with Crippen molar-refractivity contribution in [2.45, 2.75) is 19.9 Å². The quantitative estimate of drug-likeness (QED) is 0.831. The van der Waals surface area contributed by atoms with Crippen molar-refractivity contribution in [3.05, 3.63) is 28.8 Å². The van der Waals surface area contributed by atoms with Crippen LogP contribution in [0.15, 0.2) is 18.2 Å². The fraction of sp³-hybridized carbons (Fsp3) is 0.500. The lowest BCUT2D eigenvalue weighted by Gasteiger charge is -2.19. The van der Waals surface area contributed by atoms with Crippen molar-refractivity contribution < 1.29 is 0 Å². The summed E-state index contributed by atoms with van der Waals surface area (Å²) in [6, 6.07) is 6.23. The first-order valence-electron chi connectivity index (χ1n) is 5.33. The van der Waals surface area contributed by atoms with Crippen molar-refractivity contribution in [1.29, 1.82) is 0 Å². The fourth-order valence-electron chi connectivity index (χ4n) is 1.57. The molecule has 0 aromatic heterocycles. The molecule has 0 amide bonds. The predicted molar refractivity (Wildman–Crippen MR) is 67.8 cm³/mol. The van der Waals surface area contributed by atoms with Crippen LogP contribution in [0.2, 0.25) is 5.02 Å². The second-order valence-corrected chi connectivity index (χ2v) is 4.13. The molecule has 2 nitrogen and oxygen atoms in total. The molecule has 0 radical (unpaired) electrons. The van der Waals surface area contributed by atoms with Crippen molar-refractivity contribution in [2.24, 2.45) is 0 Å². The summed E-state index contributed by atoms with van der Waals surface area (Å²) in [5.41, 5.74) is 2.33. The van der Waals surface area contributed by atoms with Crippen LogP contribution >= 0.6 is 11.6 Å². The highest BCUT2D eigenvalue weighted by atomic mass is 35.5. The molecule has 1 aromatic carbocycles. The van der Waals surface area contributed by atoms with Gasteiger partial charge in [0.25, 0.3) is 0 Å². The fourth-order valence-corrected chi connectivity index (χ4v) is 1.81. The maximum Gasteiger partial charge on any atom is 0.0471 e. The number of benzene rings is 1. The van der Waals surface area contributed by atoms with Crippen LogP contribution < -0.4 is 10.2 Å². The summed E-state index contributed by atoms with van der Waals surface area (Å²) in [5.74, 6) is 0. The van der Waals surface area contributed by atoms with Gasteiger partial charge in [-0.2, -0.15) is 0 Å². The van der Waals surface area contributed by atoms with E-state index in [0.717, 1.165) is 30.1 Å². The molecule has 1 aromatic rings. The van der Waals surface area contributed by atoms with Gasteiger partial charge in [-0.3, -0.25) is 0 Å². The molecule has 0 aliphatic carbocycles. The zero-order valence-electron chi connectivity index (χ0n) is 9.68. The zero-order valence-corrected chi connectivity index (χ0v) is 10.4. The molecule has 0 spiro atoms. The van der Waals surface area contributed by atoms with Gasteiger partial charge in [0.1, 0.15) is 0 Å². The van der Waals surface area contributed by atoms with Crippen molar-refractivity contribution in [3.8, 4) is 0 Å². The number of hydrogen-bond acceptors (Lipinski definition) is 2. The van der Waals surface area contributed by atoms with Gasteiger partial charge >= 0.3 is 0 Å². The highest BCUT2D eigenvalue weighted by molar-refractivity contribution is 6.31. The summed E-state index contributed by atoms with van der Waals surface area (Å²) in [6.07, 6.45) is 1.15. The highest BCUT2D eigenvalue weighted by Crippen LogP contribution is 2.23. The molecule has 0 aliphatic heterocycles. The van der Waals surface area contributed by atoms with Crippen molar-refractivity contribution >= 4 is 17.3 Å². The van der Waals surface area contributed by atoms with E-state index in [9.17, 15) is 0 Å². The molecule has 0 unspecified atom stereocenters. The summed E-state index contributed by atoms with van der Waals surface area (Å²) in [6.45, 7) is 4.05. The standard InChI is InChI=1S/C12H19ClN2/c1-4-7-15(3)11-6-5-10(9-14-2)12(13)8-11/h5-6,8,14H,4,7,9H2,1-3H3. The average Bonchev–Trinajstić information content (AvgIpc) is 2.21. The highest BCUT2D eigenvalue weighted by Gasteiger charge is 2.04. The van der Waals surface area contributed by atoms with Crippen LogP contribution in [0.4, 0.5) is 5.69 Å². The Balaban J connectivity index is 2.81. The van der Waals surface area contributed by atoms with Crippen LogP contribution in [0.5, 0.6) is 0 Å². The van der Waals surface area contributed by atoms with Crippen molar-refractivity contribution in [1.82, 2.24) is 5.32 Å². The van der Waals surface area contributed by atoms with Gasteiger partial charge in [0, 0.05) is 30.8 Å². The third-order valence-electron chi connectivity index (χ3n) is 2.40. The average molecular weight is 227 g/mol. The number of hydrogen-bond donors (Lipinski definition) is 1. The summed E-state index contributed by atoms with van der Waals surface area (Å²) in [4.78, 5) is 2.22. The Morgan fingerprint density at radius 3 is 2.67 bits per heavy atom. The Bertz CT molecular complexity index is 312. The normalized spacial score (nSPS) is 10.4. The first-order chi connectivity index (χ1) is 7.19. The molecule has 15 heavy (non-hydrogen) atoms. The van der Waals surface area contributed by atoms with Crippen molar-refractivity contribution in [2.75, 3.05) is 25.5 Å². The second kappa shape index (κ2) is 5.99. The predicted octanol–water partition coefficient (Wildman–Crippen LogP) is 2.91. The largest absolute Gasteiger partial charge is 0.375 e. The summed E-state index contributed by atoms with van der Waals surface area (Å²) >= 11 is 6.19. The van der Waals surface area contributed by atoms with Crippen LogP contribution in [0, 0.1) is 0 Å². The minimum Gasteiger partial charge on any atom is -0.375 e. The molecule has 1 N–H and O–H groups in total. The summed E-state index contributed by atoms with van der Waals surface area (Å²) in [5, 5.41) is 3.94. The monoisotopic (exact) mass is 226 g/mol. The maximum atomic E-state index is 6.19. The van der Waals surface area contributed by atoms with Gasteiger partial charge in [-0.15, -0.1) is 0 Å². The van der Waals surface area contributed by atoms with E-state index in [1.54, 1.807) is 0 Å². The smallest absolute Gasteiger partial charge is 0.0471 e. The molecule has 1 rings (SSSR count). The Hall–Kier alpha value is -0.730. The molecule has 0 heterocycles. The number of anilines is 1. The van der Waals surface area contributed by atoms with Gasteiger partial charge in [0.05, 0.1) is 0 Å². The van der Waals surface area contributed by atoms with E-state index in [1.807, 2.05) is 13.1 Å². The molecular weight excluding hydrogens is 208 g/mol. The van der Waals surface area contributed by atoms with E-state index in [4.69, 9.17) is 11.6 Å². The Kier molecular flexibility index (Phi) is 4.92. The molecule has 3 heteroatoms. The number of halogens is 1. The molecule has 0 saturated heterocycles. The number of rotatable bonds is 5. The van der Waals surface area contributed by atoms with Crippen LogP contribution in [-0.4, -0.2) is 20.6 Å². The van der Waals surface area contributed by atoms with Crippen LogP contribution in [0.3, 0.4) is 0 Å². The van der Waals surface area contributed by atoms with E-state index >= 15 is 0 Å². The third kappa shape index (κ3) is 3.40.